The summed E-state index contributed by atoms with van der Waals surface area (Å²) in [6, 6.07) is 2.05. The van der Waals surface area contributed by atoms with E-state index in [4.69, 9.17) is 0 Å². The lowest BCUT2D eigenvalue weighted by Gasteiger charge is -2.35. The molecule has 0 saturated carbocycles. The Bertz CT molecular complexity index is 413. The summed E-state index contributed by atoms with van der Waals surface area (Å²) in [4.78, 5) is 14.5. The van der Waals surface area contributed by atoms with Gasteiger partial charge in [-0.3, -0.25) is 9.89 Å². The number of carbonyl (C=O) groups is 1. The fourth-order valence-corrected chi connectivity index (χ4v) is 3.23. The minimum Gasteiger partial charge on any atom is -0.342 e. The van der Waals surface area contributed by atoms with Crippen molar-refractivity contribution in [2.24, 2.45) is 5.92 Å². The Morgan fingerprint density at radius 2 is 2.00 bits per heavy atom. The Labute approximate surface area is 138 Å². The van der Waals surface area contributed by atoms with Crippen LogP contribution in [0.25, 0.3) is 0 Å². The zero-order valence-corrected chi connectivity index (χ0v) is 13.7. The van der Waals surface area contributed by atoms with E-state index in [-0.39, 0.29) is 30.7 Å². The first kappa shape index (κ1) is 18.3. The van der Waals surface area contributed by atoms with Crippen LogP contribution in [0.1, 0.15) is 37.3 Å². The molecule has 2 fully saturated rings. The number of hydrogen-bond acceptors (Lipinski definition) is 3. The minimum absolute atomic E-state index is 0. The molecule has 7 heteroatoms. The van der Waals surface area contributed by atoms with Gasteiger partial charge in [-0.2, -0.15) is 5.10 Å². The molecule has 120 valence electrons. The molecule has 3 heterocycles. The summed E-state index contributed by atoms with van der Waals surface area (Å²) in [6.45, 7) is 3.70. The Hall–Kier alpha value is -0.780. The fourth-order valence-electron chi connectivity index (χ4n) is 3.23. The van der Waals surface area contributed by atoms with Gasteiger partial charge in [0.15, 0.2) is 0 Å². The summed E-state index contributed by atoms with van der Waals surface area (Å²) in [7, 11) is 0. The summed E-state index contributed by atoms with van der Waals surface area (Å²) in [5, 5.41) is 10.4. The predicted molar refractivity (Wildman–Crippen MR) is 87.2 cm³/mol. The molecule has 0 radical (unpaired) electrons. The molecule has 1 unspecified atom stereocenters. The Kier molecular flexibility index (Phi) is 7.49. The molecule has 0 spiro atoms. The van der Waals surface area contributed by atoms with Crippen molar-refractivity contribution in [1.82, 2.24) is 20.4 Å². The second-order valence-electron chi connectivity index (χ2n) is 5.65. The number of nitrogens with zero attached hydrogens (tertiary/aromatic N) is 2. The number of aromatic amines is 1. The highest BCUT2D eigenvalue weighted by molar-refractivity contribution is 5.85. The standard InChI is InChI=1S/C14H22N4O.2ClH/c19-14(12-2-1-6-15-10-12)18-8-4-11(5-9-18)13-3-7-16-17-13;;/h3,7,11-12,15H,1-2,4-6,8-10H2,(H,16,17);2*1H. The van der Waals surface area contributed by atoms with Crippen LogP contribution >= 0.6 is 24.8 Å². The second-order valence-corrected chi connectivity index (χ2v) is 5.65. The number of aromatic nitrogens is 2. The van der Waals surface area contributed by atoms with E-state index in [1.54, 1.807) is 6.20 Å². The minimum atomic E-state index is 0. The van der Waals surface area contributed by atoms with Crippen LogP contribution in [0.2, 0.25) is 0 Å². The van der Waals surface area contributed by atoms with Crippen LogP contribution < -0.4 is 5.32 Å². The number of halogens is 2. The number of carbonyl (C=O) groups excluding carboxylic acids is 1. The van der Waals surface area contributed by atoms with E-state index in [1.165, 1.54) is 5.69 Å². The highest BCUT2D eigenvalue weighted by Gasteiger charge is 2.29. The van der Waals surface area contributed by atoms with Crippen molar-refractivity contribution in [3.63, 3.8) is 0 Å². The average molecular weight is 335 g/mol. The number of H-pyrrole nitrogens is 1. The first-order valence-electron chi connectivity index (χ1n) is 7.33. The molecule has 0 aliphatic carbocycles. The molecular formula is C14H24Cl2N4O. The van der Waals surface area contributed by atoms with E-state index in [1.807, 2.05) is 6.07 Å². The van der Waals surface area contributed by atoms with E-state index in [0.717, 1.165) is 51.9 Å². The topological polar surface area (TPSA) is 61.0 Å². The lowest BCUT2D eigenvalue weighted by molar-refractivity contribution is -0.137. The van der Waals surface area contributed by atoms with Gasteiger partial charge in [-0.25, -0.2) is 0 Å². The van der Waals surface area contributed by atoms with Gasteiger partial charge >= 0.3 is 0 Å². The van der Waals surface area contributed by atoms with Crippen LogP contribution in [0.3, 0.4) is 0 Å². The van der Waals surface area contributed by atoms with E-state index < -0.39 is 0 Å². The largest absolute Gasteiger partial charge is 0.342 e. The summed E-state index contributed by atoms with van der Waals surface area (Å²) >= 11 is 0. The van der Waals surface area contributed by atoms with Gasteiger partial charge in [0.25, 0.3) is 0 Å². The lowest BCUT2D eigenvalue weighted by atomic mass is 9.91. The maximum atomic E-state index is 12.4. The summed E-state index contributed by atoms with van der Waals surface area (Å²) < 4.78 is 0. The van der Waals surface area contributed by atoms with Gasteiger partial charge in [-0.05, 0) is 38.3 Å². The molecule has 2 saturated heterocycles. The first-order valence-corrected chi connectivity index (χ1v) is 7.33. The van der Waals surface area contributed by atoms with E-state index in [9.17, 15) is 4.79 Å². The van der Waals surface area contributed by atoms with Crippen LogP contribution in [0.5, 0.6) is 0 Å². The number of piperidine rings is 2. The quantitative estimate of drug-likeness (QED) is 0.869. The van der Waals surface area contributed by atoms with Crippen molar-refractivity contribution in [2.45, 2.75) is 31.6 Å². The number of rotatable bonds is 2. The molecule has 5 nitrogen and oxygen atoms in total. The van der Waals surface area contributed by atoms with Crippen molar-refractivity contribution in [3.8, 4) is 0 Å². The van der Waals surface area contributed by atoms with Crippen molar-refractivity contribution >= 4 is 30.7 Å². The van der Waals surface area contributed by atoms with Crippen LogP contribution in [0.15, 0.2) is 12.3 Å². The van der Waals surface area contributed by atoms with Crippen LogP contribution in [-0.4, -0.2) is 47.2 Å². The third-order valence-electron chi connectivity index (χ3n) is 4.41. The van der Waals surface area contributed by atoms with Crippen molar-refractivity contribution in [1.29, 1.82) is 0 Å². The van der Waals surface area contributed by atoms with Gasteiger partial charge in [-0.1, -0.05) is 0 Å². The fraction of sp³-hybridized carbons (Fsp3) is 0.714. The van der Waals surface area contributed by atoms with Crippen LogP contribution in [0, 0.1) is 5.92 Å². The zero-order valence-electron chi connectivity index (χ0n) is 12.1. The maximum absolute atomic E-state index is 12.4. The summed E-state index contributed by atoms with van der Waals surface area (Å²) in [5.74, 6) is 1.10. The molecule has 21 heavy (non-hydrogen) atoms. The van der Waals surface area contributed by atoms with E-state index in [2.05, 4.69) is 20.4 Å². The number of amides is 1. The highest BCUT2D eigenvalue weighted by Crippen LogP contribution is 2.27. The van der Waals surface area contributed by atoms with E-state index in [0.29, 0.717) is 11.8 Å². The van der Waals surface area contributed by atoms with Crippen molar-refractivity contribution in [2.75, 3.05) is 26.2 Å². The number of likely N-dealkylation sites (tertiary alicyclic amines) is 1. The third kappa shape index (κ3) is 4.34. The summed E-state index contributed by atoms with van der Waals surface area (Å²) in [5.41, 5.74) is 1.21. The monoisotopic (exact) mass is 334 g/mol. The number of hydrogen-bond donors (Lipinski definition) is 2. The molecule has 2 N–H and O–H groups in total. The maximum Gasteiger partial charge on any atom is 0.226 e. The molecular weight excluding hydrogens is 311 g/mol. The molecule has 1 amide bonds. The Balaban J connectivity index is 0.00000110. The molecule has 2 aliphatic heterocycles. The number of nitrogens with one attached hydrogen (secondary N) is 2. The van der Waals surface area contributed by atoms with Crippen molar-refractivity contribution in [3.05, 3.63) is 18.0 Å². The smallest absolute Gasteiger partial charge is 0.226 e. The zero-order chi connectivity index (χ0) is 13.1. The first-order chi connectivity index (χ1) is 9.34. The van der Waals surface area contributed by atoms with Gasteiger partial charge < -0.3 is 10.2 Å². The Morgan fingerprint density at radius 3 is 2.57 bits per heavy atom. The molecule has 2 aliphatic rings. The van der Waals surface area contributed by atoms with E-state index >= 15 is 0 Å². The van der Waals surface area contributed by atoms with Gasteiger partial charge in [0.05, 0.1) is 5.92 Å². The highest BCUT2D eigenvalue weighted by atomic mass is 35.5. The third-order valence-corrected chi connectivity index (χ3v) is 4.41. The predicted octanol–water partition coefficient (Wildman–Crippen LogP) is 1.96. The molecule has 1 aromatic rings. The molecule has 0 aromatic carbocycles. The average Bonchev–Trinajstić information content (AvgIpc) is 3.02. The van der Waals surface area contributed by atoms with Gasteiger partial charge in [0.2, 0.25) is 5.91 Å². The van der Waals surface area contributed by atoms with Crippen LogP contribution in [-0.2, 0) is 4.79 Å². The molecule has 1 atom stereocenters. The molecule has 1 aromatic heterocycles. The molecule has 0 bridgehead atoms. The summed E-state index contributed by atoms with van der Waals surface area (Å²) in [6.07, 6.45) is 6.08. The van der Waals surface area contributed by atoms with Crippen molar-refractivity contribution < 1.29 is 4.79 Å². The normalized spacial score (nSPS) is 23.0. The van der Waals surface area contributed by atoms with Crippen LogP contribution in [0.4, 0.5) is 0 Å². The Morgan fingerprint density at radius 1 is 1.24 bits per heavy atom. The van der Waals surface area contributed by atoms with Gasteiger partial charge in [0.1, 0.15) is 0 Å². The second kappa shape index (κ2) is 8.61. The SMILES string of the molecule is Cl.Cl.O=C(C1CCCNC1)N1CCC(c2ccn[nH]2)CC1. The van der Waals surface area contributed by atoms with Gasteiger partial charge in [0, 0.05) is 37.4 Å². The van der Waals surface area contributed by atoms with Gasteiger partial charge in [-0.15, -0.1) is 24.8 Å². The lowest BCUT2D eigenvalue weighted by Crippen LogP contribution is -2.45. The molecule has 3 rings (SSSR count).